The van der Waals surface area contributed by atoms with E-state index < -0.39 is 5.97 Å². The molecule has 33 heavy (non-hydrogen) atoms. The summed E-state index contributed by atoms with van der Waals surface area (Å²) < 4.78 is 1.66. The summed E-state index contributed by atoms with van der Waals surface area (Å²) in [5, 5.41) is 26.0. The predicted molar refractivity (Wildman–Crippen MR) is 135 cm³/mol. The fourth-order valence-electron chi connectivity index (χ4n) is 5.30. The molecule has 2 unspecified atom stereocenters. The Bertz CT molecular complexity index is 1160. The molecule has 7 nitrogen and oxygen atoms in total. The number of carbonyl (C=O) groups is 1. The van der Waals surface area contributed by atoms with Gasteiger partial charge in [0, 0.05) is 35.8 Å². The standard InChI is InChI=1S/C25H28BrN5O2/c1-14-18(11-17-4-2-3-5-21(17)29-14)19-13-28-31-24(27)20(26)12-22(30-25(19)31)16-8-6-15(7-9-16)10-23(32)33/h2-5,11,13-16,20,27,29H,6-10,12H2,1H3,(H,32,33). The van der Waals surface area contributed by atoms with E-state index >= 15 is 0 Å². The molecule has 0 spiro atoms. The molecule has 1 saturated carbocycles. The largest absolute Gasteiger partial charge is 0.481 e. The first-order valence-electron chi connectivity index (χ1n) is 11.6. The number of hydrogen-bond donors (Lipinski definition) is 3. The van der Waals surface area contributed by atoms with E-state index in [9.17, 15) is 4.79 Å². The molecule has 0 bridgehead atoms. The molecule has 2 aromatic rings. The molecule has 3 heterocycles. The van der Waals surface area contributed by atoms with Gasteiger partial charge in [-0.05, 0) is 67.7 Å². The fraction of sp³-hybridized carbons (Fsp3) is 0.440. The highest BCUT2D eigenvalue weighted by atomic mass is 79.9. The van der Waals surface area contributed by atoms with E-state index in [2.05, 4.69) is 51.5 Å². The average molecular weight is 510 g/mol. The Morgan fingerprint density at radius 1 is 1.27 bits per heavy atom. The van der Waals surface area contributed by atoms with E-state index in [0.717, 1.165) is 59.6 Å². The van der Waals surface area contributed by atoms with Gasteiger partial charge in [-0.25, -0.2) is 4.99 Å². The van der Waals surface area contributed by atoms with Crippen LogP contribution in [0.3, 0.4) is 0 Å². The molecule has 1 fully saturated rings. The number of aromatic nitrogens is 2. The van der Waals surface area contributed by atoms with Crippen LogP contribution in [0.5, 0.6) is 0 Å². The number of carboxylic acid groups (broad SMARTS) is 1. The van der Waals surface area contributed by atoms with Gasteiger partial charge in [0.15, 0.2) is 5.82 Å². The van der Waals surface area contributed by atoms with E-state index in [0.29, 0.717) is 18.2 Å². The van der Waals surface area contributed by atoms with E-state index in [-0.39, 0.29) is 23.2 Å². The Morgan fingerprint density at radius 3 is 2.79 bits per heavy atom. The summed E-state index contributed by atoms with van der Waals surface area (Å²) >= 11 is 3.69. The van der Waals surface area contributed by atoms with E-state index in [1.807, 2.05) is 18.3 Å². The van der Waals surface area contributed by atoms with Crippen molar-refractivity contribution in [2.45, 2.75) is 56.3 Å². The molecule has 8 heteroatoms. The number of hydrogen-bond acceptors (Lipinski definition) is 5. The van der Waals surface area contributed by atoms with Crippen molar-refractivity contribution in [3.05, 3.63) is 41.6 Å². The molecule has 0 saturated heterocycles. The van der Waals surface area contributed by atoms with Crippen LogP contribution >= 0.6 is 15.9 Å². The molecule has 1 aliphatic carbocycles. The maximum Gasteiger partial charge on any atom is 0.303 e. The molecule has 0 radical (unpaired) electrons. The fourth-order valence-corrected chi connectivity index (χ4v) is 5.82. The first-order chi connectivity index (χ1) is 15.9. The number of aliphatic imine (C=N–C) groups is 1. The highest BCUT2D eigenvalue weighted by Gasteiger charge is 2.33. The van der Waals surface area contributed by atoms with Crippen molar-refractivity contribution in [3.63, 3.8) is 0 Å². The van der Waals surface area contributed by atoms with E-state index in [1.165, 1.54) is 0 Å². The summed E-state index contributed by atoms with van der Waals surface area (Å²) in [6.45, 7) is 2.13. The first-order valence-corrected chi connectivity index (χ1v) is 12.5. The van der Waals surface area contributed by atoms with Crippen LogP contribution in [0.4, 0.5) is 11.5 Å². The van der Waals surface area contributed by atoms with Crippen molar-refractivity contribution in [2.24, 2.45) is 16.8 Å². The number of alkyl halides is 1. The molecule has 0 amide bonds. The smallest absolute Gasteiger partial charge is 0.303 e. The zero-order valence-corrected chi connectivity index (χ0v) is 20.2. The Morgan fingerprint density at radius 2 is 2.03 bits per heavy atom. The quantitative estimate of drug-likeness (QED) is 0.467. The second kappa shape index (κ2) is 8.89. The van der Waals surface area contributed by atoms with Crippen molar-refractivity contribution >= 4 is 56.6 Å². The van der Waals surface area contributed by atoms with Crippen LogP contribution in [-0.2, 0) is 4.79 Å². The molecule has 1 aromatic carbocycles. The molecule has 2 atom stereocenters. The highest BCUT2D eigenvalue weighted by Crippen LogP contribution is 2.40. The minimum atomic E-state index is -0.710. The van der Waals surface area contributed by atoms with Crippen LogP contribution in [0.1, 0.15) is 56.6 Å². The van der Waals surface area contributed by atoms with Gasteiger partial charge in [-0.3, -0.25) is 10.2 Å². The minimum Gasteiger partial charge on any atom is -0.481 e. The second-order valence-electron chi connectivity index (χ2n) is 9.32. The summed E-state index contributed by atoms with van der Waals surface area (Å²) in [6, 6.07) is 8.33. The first kappa shape index (κ1) is 22.1. The molecule has 3 aliphatic rings. The zero-order chi connectivity index (χ0) is 23.1. The maximum absolute atomic E-state index is 11.1. The lowest BCUT2D eigenvalue weighted by atomic mass is 9.77. The van der Waals surface area contributed by atoms with Crippen molar-refractivity contribution < 1.29 is 9.90 Å². The Labute approximate surface area is 201 Å². The van der Waals surface area contributed by atoms with Gasteiger partial charge in [0.2, 0.25) is 0 Å². The van der Waals surface area contributed by atoms with Gasteiger partial charge in [0.05, 0.1) is 11.0 Å². The van der Waals surface area contributed by atoms with Crippen LogP contribution in [0.15, 0.2) is 35.5 Å². The highest BCUT2D eigenvalue weighted by molar-refractivity contribution is 9.10. The summed E-state index contributed by atoms with van der Waals surface area (Å²) in [5.74, 6) is 0.978. The third kappa shape index (κ3) is 4.28. The number of aliphatic carboxylic acids is 1. The van der Waals surface area contributed by atoms with Gasteiger partial charge in [-0.1, -0.05) is 34.1 Å². The van der Waals surface area contributed by atoms with Gasteiger partial charge >= 0.3 is 5.97 Å². The van der Waals surface area contributed by atoms with Gasteiger partial charge < -0.3 is 10.4 Å². The topological polar surface area (TPSA) is 103 Å². The van der Waals surface area contributed by atoms with Crippen LogP contribution in [0, 0.1) is 17.2 Å². The number of rotatable bonds is 4. The normalized spacial score (nSPS) is 26.9. The van der Waals surface area contributed by atoms with Crippen molar-refractivity contribution in [2.75, 3.05) is 5.32 Å². The molecule has 172 valence electrons. The lowest BCUT2D eigenvalue weighted by molar-refractivity contribution is -0.138. The van der Waals surface area contributed by atoms with E-state index in [4.69, 9.17) is 15.5 Å². The molecule has 2 aliphatic heterocycles. The third-order valence-corrected chi connectivity index (χ3v) is 7.87. The van der Waals surface area contributed by atoms with Gasteiger partial charge in [-0.15, -0.1) is 0 Å². The third-order valence-electron chi connectivity index (χ3n) is 7.11. The predicted octanol–water partition coefficient (Wildman–Crippen LogP) is 5.58. The number of halogens is 1. The van der Waals surface area contributed by atoms with Crippen LogP contribution < -0.4 is 5.32 Å². The number of nitrogens with zero attached hydrogens (tertiary/aromatic N) is 3. The van der Waals surface area contributed by atoms with Gasteiger partial charge in [0.25, 0.3) is 0 Å². The number of carboxylic acids is 1. The van der Waals surface area contributed by atoms with E-state index in [1.54, 1.807) is 4.68 Å². The summed E-state index contributed by atoms with van der Waals surface area (Å²) in [4.78, 5) is 16.1. The number of fused-ring (bicyclic) bond motifs is 2. The molecule has 1 aromatic heterocycles. The van der Waals surface area contributed by atoms with Gasteiger partial charge in [0.1, 0.15) is 5.84 Å². The lowest BCUT2D eigenvalue weighted by Gasteiger charge is -2.29. The maximum atomic E-state index is 11.1. The summed E-state index contributed by atoms with van der Waals surface area (Å²) in [5.41, 5.74) is 5.40. The van der Waals surface area contributed by atoms with Crippen LogP contribution in [-0.4, -0.2) is 43.3 Å². The second-order valence-corrected chi connectivity index (χ2v) is 10.4. The van der Waals surface area contributed by atoms with Gasteiger partial charge in [-0.2, -0.15) is 9.78 Å². The number of benzene rings is 1. The van der Waals surface area contributed by atoms with Crippen LogP contribution in [0.25, 0.3) is 11.6 Å². The Kier molecular flexibility index (Phi) is 5.95. The minimum absolute atomic E-state index is 0.0936. The lowest BCUT2D eigenvalue weighted by Crippen LogP contribution is -2.27. The Balaban J connectivity index is 1.50. The number of anilines is 1. The molecule has 3 N–H and O–H groups in total. The molecular formula is C25H28BrN5O2. The van der Waals surface area contributed by atoms with Crippen molar-refractivity contribution in [3.8, 4) is 0 Å². The summed E-state index contributed by atoms with van der Waals surface area (Å²) in [6.07, 6.45) is 8.67. The zero-order valence-electron chi connectivity index (χ0n) is 18.6. The van der Waals surface area contributed by atoms with Crippen molar-refractivity contribution in [1.29, 1.82) is 5.41 Å². The number of para-hydroxylation sites is 1. The molecular weight excluding hydrogens is 482 g/mol. The Hall–Kier alpha value is -2.74. The average Bonchev–Trinajstić information content (AvgIpc) is 3.15. The van der Waals surface area contributed by atoms with Crippen LogP contribution in [0.2, 0.25) is 0 Å². The summed E-state index contributed by atoms with van der Waals surface area (Å²) in [7, 11) is 0. The number of nitrogens with one attached hydrogen (secondary N) is 2. The SMILES string of the molecule is CC1Nc2ccccc2C=C1c1cnn2c1N=C(C1CCC(CC(=O)O)CC1)CC(Br)C2=N. The molecule has 5 rings (SSSR count). The monoisotopic (exact) mass is 509 g/mol. The van der Waals surface area contributed by atoms with Crippen molar-refractivity contribution in [1.82, 2.24) is 9.78 Å².